The normalized spacial score (nSPS) is 17.9. The summed E-state index contributed by atoms with van der Waals surface area (Å²) >= 11 is 3.26. The highest BCUT2D eigenvalue weighted by Gasteiger charge is 2.36. The smallest absolute Gasteiger partial charge is 0.326 e. The summed E-state index contributed by atoms with van der Waals surface area (Å²) in [5.41, 5.74) is 0.476. The molecule has 2 amide bonds. The number of hydrogen-bond acceptors (Lipinski definition) is 3. The Morgan fingerprint density at radius 2 is 2.10 bits per heavy atom. The van der Waals surface area contributed by atoms with Crippen molar-refractivity contribution >= 4 is 39.4 Å². The molecular formula is C13H13BrN2O4. The van der Waals surface area contributed by atoms with E-state index in [-0.39, 0.29) is 0 Å². The van der Waals surface area contributed by atoms with Crippen LogP contribution in [0.15, 0.2) is 28.7 Å². The Bertz CT molecular complexity index is 561. The monoisotopic (exact) mass is 340 g/mol. The lowest BCUT2D eigenvalue weighted by Crippen LogP contribution is -2.45. The van der Waals surface area contributed by atoms with E-state index in [4.69, 9.17) is 5.11 Å². The number of amides is 2. The van der Waals surface area contributed by atoms with Crippen LogP contribution in [0.4, 0.5) is 5.69 Å². The third-order valence-electron chi connectivity index (χ3n) is 3.08. The number of carboxylic acids is 1. The highest BCUT2D eigenvalue weighted by atomic mass is 79.9. The maximum Gasteiger partial charge on any atom is 0.326 e. The minimum atomic E-state index is -1.08. The van der Waals surface area contributed by atoms with Gasteiger partial charge in [-0.3, -0.25) is 9.59 Å². The van der Waals surface area contributed by atoms with Gasteiger partial charge in [-0.2, -0.15) is 0 Å². The molecule has 1 unspecified atom stereocenters. The number of carbonyl (C=O) groups is 3. The number of halogens is 1. The van der Waals surface area contributed by atoms with Gasteiger partial charge < -0.3 is 15.3 Å². The molecule has 1 atom stereocenters. The predicted molar refractivity (Wildman–Crippen MR) is 75.1 cm³/mol. The highest BCUT2D eigenvalue weighted by Crippen LogP contribution is 2.19. The van der Waals surface area contributed by atoms with Gasteiger partial charge in [0.2, 0.25) is 0 Å². The van der Waals surface area contributed by atoms with E-state index in [9.17, 15) is 14.4 Å². The van der Waals surface area contributed by atoms with Gasteiger partial charge in [0.15, 0.2) is 0 Å². The summed E-state index contributed by atoms with van der Waals surface area (Å²) in [4.78, 5) is 36.0. The standard InChI is InChI=1S/C13H13BrN2O4/c14-8-3-1-4-9(7-8)15-11(17)12(18)16-6-2-5-10(16)13(19)20/h1,3-4,7,10H,2,5-6H2,(H,15,17)(H,19,20). The number of aliphatic carboxylic acids is 1. The van der Waals surface area contributed by atoms with Gasteiger partial charge in [-0.15, -0.1) is 0 Å². The average Bonchev–Trinajstić information content (AvgIpc) is 2.87. The van der Waals surface area contributed by atoms with Crippen molar-refractivity contribution in [3.8, 4) is 0 Å². The van der Waals surface area contributed by atoms with Crippen LogP contribution >= 0.6 is 15.9 Å². The van der Waals surface area contributed by atoms with E-state index in [0.717, 1.165) is 9.37 Å². The fourth-order valence-electron chi connectivity index (χ4n) is 2.15. The van der Waals surface area contributed by atoms with Crippen LogP contribution in [0.3, 0.4) is 0 Å². The Hall–Kier alpha value is -1.89. The van der Waals surface area contributed by atoms with Crippen LogP contribution in [-0.4, -0.2) is 40.4 Å². The summed E-state index contributed by atoms with van der Waals surface area (Å²) in [6, 6.07) is 5.91. The van der Waals surface area contributed by atoms with Crippen molar-refractivity contribution in [2.45, 2.75) is 18.9 Å². The van der Waals surface area contributed by atoms with Gasteiger partial charge in [0, 0.05) is 16.7 Å². The number of nitrogens with one attached hydrogen (secondary N) is 1. The first kappa shape index (κ1) is 14.5. The fraction of sp³-hybridized carbons (Fsp3) is 0.308. The maximum atomic E-state index is 12.0. The van der Waals surface area contributed by atoms with Gasteiger partial charge >= 0.3 is 17.8 Å². The van der Waals surface area contributed by atoms with E-state index in [1.54, 1.807) is 24.3 Å². The van der Waals surface area contributed by atoms with Crippen molar-refractivity contribution in [3.63, 3.8) is 0 Å². The summed E-state index contributed by atoms with van der Waals surface area (Å²) in [6.07, 6.45) is 0.970. The number of hydrogen-bond donors (Lipinski definition) is 2. The molecule has 0 saturated carbocycles. The summed E-state index contributed by atoms with van der Waals surface area (Å²) in [5, 5.41) is 11.5. The van der Waals surface area contributed by atoms with Gasteiger partial charge in [0.05, 0.1) is 0 Å². The molecule has 106 valence electrons. The van der Waals surface area contributed by atoms with Crippen molar-refractivity contribution in [3.05, 3.63) is 28.7 Å². The van der Waals surface area contributed by atoms with Crippen LogP contribution in [0.1, 0.15) is 12.8 Å². The second-order valence-electron chi connectivity index (χ2n) is 4.46. The molecule has 0 radical (unpaired) electrons. The number of nitrogens with zero attached hydrogens (tertiary/aromatic N) is 1. The summed E-state index contributed by atoms with van der Waals surface area (Å²) in [5.74, 6) is -2.71. The fourth-order valence-corrected chi connectivity index (χ4v) is 2.55. The SMILES string of the molecule is O=C(Nc1cccc(Br)c1)C(=O)N1CCCC1C(=O)O. The third kappa shape index (κ3) is 3.16. The minimum Gasteiger partial charge on any atom is -0.480 e. The summed E-state index contributed by atoms with van der Waals surface area (Å²) in [6.45, 7) is 0.293. The van der Waals surface area contributed by atoms with Gasteiger partial charge in [-0.05, 0) is 31.0 Å². The Balaban J connectivity index is 2.05. The van der Waals surface area contributed by atoms with Crippen LogP contribution < -0.4 is 5.32 Å². The van der Waals surface area contributed by atoms with Gasteiger partial charge in [0.1, 0.15) is 6.04 Å². The molecule has 1 aliphatic rings. The lowest BCUT2D eigenvalue weighted by atomic mass is 10.2. The second-order valence-corrected chi connectivity index (χ2v) is 5.37. The van der Waals surface area contributed by atoms with Crippen LogP contribution in [-0.2, 0) is 14.4 Å². The number of carboxylic acid groups (broad SMARTS) is 1. The van der Waals surface area contributed by atoms with Crippen LogP contribution in [0.5, 0.6) is 0 Å². The van der Waals surface area contributed by atoms with E-state index in [1.807, 2.05) is 0 Å². The van der Waals surface area contributed by atoms with Crippen molar-refractivity contribution < 1.29 is 19.5 Å². The Labute approximate surface area is 123 Å². The first-order valence-electron chi connectivity index (χ1n) is 6.09. The number of anilines is 1. The van der Waals surface area contributed by atoms with E-state index in [1.165, 1.54) is 0 Å². The molecule has 0 bridgehead atoms. The molecule has 0 aliphatic carbocycles. The molecule has 1 aliphatic heterocycles. The van der Waals surface area contributed by atoms with Crippen molar-refractivity contribution in [1.82, 2.24) is 4.90 Å². The quantitative estimate of drug-likeness (QED) is 0.798. The molecule has 1 aromatic rings. The van der Waals surface area contributed by atoms with Crippen molar-refractivity contribution in [1.29, 1.82) is 0 Å². The average molecular weight is 341 g/mol. The molecular weight excluding hydrogens is 328 g/mol. The zero-order valence-electron chi connectivity index (χ0n) is 10.5. The second kappa shape index (κ2) is 6.04. The Morgan fingerprint density at radius 1 is 1.35 bits per heavy atom. The summed E-state index contributed by atoms with van der Waals surface area (Å²) in [7, 11) is 0. The number of benzene rings is 1. The molecule has 2 rings (SSSR count). The molecule has 1 heterocycles. The maximum absolute atomic E-state index is 12.0. The van der Waals surface area contributed by atoms with E-state index in [2.05, 4.69) is 21.2 Å². The zero-order valence-corrected chi connectivity index (χ0v) is 12.1. The molecule has 1 fully saturated rings. The zero-order chi connectivity index (χ0) is 14.7. The summed E-state index contributed by atoms with van der Waals surface area (Å²) < 4.78 is 0.771. The first-order chi connectivity index (χ1) is 9.49. The Morgan fingerprint density at radius 3 is 2.75 bits per heavy atom. The topological polar surface area (TPSA) is 86.7 Å². The first-order valence-corrected chi connectivity index (χ1v) is 6.88. The van der Waals surface area contributed by atoms with Gasteiger partial charge in [0.25, 0.3) is 0 Å². The Kier molecular flexibility index (Phi) is 4.39. The third-order valence-corrected chi connectivity index (χ3v) is 3.57. The number of carbonyl (C=O) groups excluding carboxylic acids is 2. The van der Waals surface area contributed by atoms with Crippen molar-refractivity contribution in [2.24, 2.45) is 0 Å². The molecule has 1 saturated heterocycles. The van der Waals surface area contributed by atoms with E-state index >= 15 is 0 Å². The molecule has 0 spiro atoms. The number of rotatable bonds is 2. The molecule has 0 aromatic heterocycles. The highest BCUT2D eigenvalue weighted by molar-refractivity contribution is 9.10. The molecule has 6 nitrogen and oxygen atoms in total. The minimum absolute atomic E-state index is 0.293. The predicted octanol–water partition coefficient (Wildman–Crippen LogP) is 1.46. The lowest BCUT2D eigenvalue weighted by Gasteiger charge is -2.20. The van der Waals surface area contributed by atoms with Crippen LogP contribution in [0.25, 0.3) is 0 Å². The van der Waals surface area contributed by atoms with Crippen LogP contribution in [0, 0.1) is 0 Å². The van der Waals surface area contributed by atoms with Gasteiger partial charge in [-0.25, -0.2) is 4.79 Å². The lowest BCUT2D eigenvalue weighted by molar-refractivity contribution is -0.151. The molecule has 1 aromatic carbocycles. The molecule has 7 heteroatoms. The van der Waals surface area contributed by atoms with Crippen LogP contribution in [0.2, 0.25) is 0 Å². The molecule has 2 N–H and O–H groups in total. The van der Waals surface area contributed by atoms with Crippen molar-refractivity contribution in [2.75, 3.05) is 11.9 Å². The van der Waals surface area contributed by atoms with Gasteiger partial charge in [-0.1, -0.05) is 22.0 Å². The van der Waals surface area contributed by atoms with E-state index < -0.39 is 23.8 Å². The molecule has 20 heavy (non-hydrogen) atoms. The van der Waals surface area contributed by atoms with E-state index in [0.29, 0.717) is 25.1 Å². The largest absolute Gasteiger partial charge is 0.480 e. The number of likely N-dealkylation sites (tertiary alicyclic amines) is 1.